The molecule has 0 spiro atoms. The van der Waals surface area contributed by atoms with E-state index in [1.54, 1.807) is 7.11 Å². The van der Waals surface area contributed by atoms with E-state index in [9.17, 15) is 0 Å². The van der Waals surface area contributed by atoms with Crippen molar-refractivity contribution in [1.29, 1.82) is 0 Å². The van der Waals surface area contributed by atoms with Gasteiger partial charge in [-0.1, -0.05) is 37.6 Å². The Bertz CT molecular complexity index is 371. The molecule has 1 aromatic rings. The first-order chi connectivity index (χ1) is 9.08. The fraction of sp³-hybridized carbons (Fsp3) is 0.600. The molecule has 0 heterocycles. The summed E-state index contributed by atoms with van der Waals surface area (Å²) < 4.78 is 5.20. The lowest BCUT2D eigenvalue weighted by atomic mass is 10.0. The highest BCUT2D eigenvalue weighted by molar-refractivity contribution is 6.30. The van der Waals surface area contributed by atoms with Crippen LogP contribution in [0.3, 0.4) is 0 Å². The summed E-state index contributed by atoms with van der Waals surface area (Å²) in [6, 6.07) is 8.14. The van der Waals surface area contributed by atoms with Crippen molar-refractivity contribution in [2.24, 2.45) is 11.7 Å². The van der Waals surface area contributed by atoms with Crippen LogP contribution in [0.2, 0.25) is 5.02 Å². The molecule has 3 nitrogen and oxygen atoms in total. The Morgan fingerprint density at radius 2 is 2.11 bits per heavy atom. The highest BCUT2D eigenvalue weighted by Crippen LogP contribution is 2.23. The van der Waals surface area contributed by atoms with Crippen molar-refractivity contribution in [3.05, 3.63) is 34.9 Å². The highest BCUT2D eigenvalue weighted by Gasteiger charge is 2.19. The van der Waals surface area contributed by atoms with Crippen LogP contribution in [0.25, 0.3) is 0 Å². The first kappa shape index (κ1) is 16.4. The number of nitrogens with two attached hydrogens (primary N) is 1. The summed E-state index contributed by atoms with van der Waals surface area (Å²) >= 11 is 6.08. The molecule has 0 radical (unpaired) electrons. The zero-order valence-corrected chi connectivity index (χ0v) is 12.9. The molecule has 0 saturated heterocycles. The zero-order valence-electron chi connectivity index (χ0n) is 12.1. The van der Waals surface area contributed by atoms with Gasteiger partial charge >= 0.3 is 0 Å². The number of ether oxygens (including phenoxy) is 1. The van der Waals surface area contributed by atoms with Gasteiger partial charge in [-0.05, 0) is 23.6 Å². The van der Waals surface area contributed by atoms with E-state index in [0.717, 1.165) is 18.1 Å². The topological polar surface area (TPSA) is 38.5 Å². The molecule has 0 aliphatic carbocycles. The molecule has 0 aromatic heterocycles. The van der Waals surface area contributed by atoms with Gasteiger partial charge in [-0.2, -0.15) is 0 Å². The maximum Gasteiger partial charge on any atom is 0.0589 e. The molecule has 19 heavy (non-hydrogen) atoms. The van der Waals surface area contributed by atoms with E-state index in [0.29, 0.717) is 19.1 Å². The Morgan fingerprint density at radius 1 is 1.37 bits per heavy atom. The van der Waals surface area contributed by atoms with E-state index in [2.05, 4.69) is 24.8 Å². The Kier molecular flexibility index (Phi) is 7.39. The zero-order chi connectivity index (χ0) is 14.3. The molecular weight excluding hydrogens is 260 g/mol. The van der Waals surface area contributed by atoms with E-state index in [4.69, 9.17) is 22.1 Å². The monoisotopic (exact) mass is 284 g/mol. The second kappa shape index (κ2) is 8.54. The van der Waals surface area contributed by atoms with Crippen molar-refractivity contribution in [3.8, 4) is 0 Å². The number of benzene rings is 1. The molecular formula is C15H25ClN2O. The van der Waals surface area contributed by atoms with Crippen LogP contribution in [-0.4, -0.2) is 38.3 Å². The normalized spacial score (nSPS) is 13.2. The van der Waals surface area contributed by atoms with Crippen LogP contribution < -0.4 is 5.73 Å². The Labute approximate surface area is 121 Å². The number of halogens is 1. The van der Waals surface area contributed by atoms with Gasteiger partial charge in [0.15, 0.2) is 0 Å². The Balaban J connectivity index is 2.87. The standard InChI is InChI=1S/C15H25ClN2O/c1-12(2)11-18(7-8-19-3)15(10-17)13-5-4-6-14(16)9-13/h4-6,9,12,15H,7-8,10-11,17H2,1-3H3. The number of hydrogen-bond acceptors (Lipinski definition) is 3. The number of nitrogens with zero attached hydrogens (tertiary/aromatic N) is 1. The molecule has 108 valence electrons. The summed E-state index contributed by atoms with van der Waals surface area (Å²) in [5, 5.41) is 0.757. The Morgan fingerprint density at radius 3 is 2.63 bits per heavy atom. The molecule has 0 bridgehead atoms. The van der Waals surface area contributed by atoms with Gasteiger partial charge in [0.25, 0.3) is 0 Å². The van der Waals surface area contributed by atoms with Gasteiger partial charge < -0.3 is 10.5 Å². The smallest absolute Gasteiger partial charge is 0.0589 e. The average molecular weight is 285 g/mol. The fourth-order valence-electron chi connectivity index (χ4n) is 2.26. The molecule has 1 aromatic carbocycles. The van der Waals surface area contributed by atoms with Crippen molar-refractivity contribution in [1.82, 2.24) is 4.90 Å². The lowest BCUT2D eigenvalue weighted by Gasteiger charge is -2.32. The Hall–Kier alpha value is -0.610. The number of methoxy groups -OCH3 is 1. The average Bonchev–Trinajstić information content (AvgIpc) is 2.36. The fourth-order valence-corrected chi connectivity index (χ4v) is 2.46. The molecule has 1 atom stereocenters. The molecule has 2 N–H and O–H groups in total. The van der Waals surface area contributed by atoms with Crippen molar-refractivity contribution in [2.45, 2.75) is 19.9 Å². The van der Waals surface area contributed by atoms with Crippen LogP contribution in [0, 0.1) is 5.92 Å². The number of hydrogen-bond donors (Lipinski definition) is 1. The van der Waals surface area contributed by atoms with Gasteiger partial charge in [-0.3, -0.25) is 4.90 Å². The summed E-state index contributed by atoms with van der Waals surface area (Å²) in [5.41, 5.74) is 7.15. The third-order valence-corrected chi connectivity index (χ3v) is 3.31. The predicted octanol–water partition coefficient (Wildman–Crippen LogP) is 2.94. The molecule has 0 saturated carbocycles. The molecule has 1 rings (SSSR count). The first-order valence-corrected chi connectivity index (χ1v) is 7.14. The maximum absolute atomic E-state index is 6.08. The van der Waals surface area contributed by atoms with Crippen molar-refractivity contribution in [3.63, 3.8) is 0 Å². The summed E-state index contributed by atoms with van der Waals surface area (Å²) in [6.07, 6.45) is 0. The van der Waals surface area contributed by atoms with Gasteiger partial charge in [0.2, 0.25) is 0 Å². The minimum absolute atomic E-state index is 0.191. The van der Waals surface area contributed by atoms with Crippen LogP contribution >= 0.6 is 11.6 Å². The summed E-state index contributed by atoms with van der Waals surface area (Å²) in [6.45, 7) is 7.60. The quantitative estimate of drug-likeness (QED) is 0.798. The molecule has 0 aliphatic rings. The lowest BCUT2D eigenvalue weighted by molar-refractivity contribution is 0.112. The maximum atomic E-state index is 6.08. The van der Waals surface area contributed by atoms with Crippen LogP contribution in [0.15, 0.2) is 24.3 Å². The van der Waals surface area contributed by atoms with E-state index in [1.807, 2.05) is 18.2 Å². The highest BCUT2D eigenvalue weighted by atomic mass is 35.5. The summed E-state index contributed by atoms with van der Waals surface area (Å²) in [7, 11) is 1.73. The minimum Gasteiger partial charge on any atom is -0.383 e. The largest absolute Gasteiger partial charge is 0.383 e. The van der Waals surface area contributed by atoms with Crippen molar-refractivity contribution >= 4 is 11.6 Å². The van der Waals surface area contributed by atoms with Gasteiger partial charge in [0, 0.05) is 37.8 Å². The summed E-state index contributed by atoms with van der Waals surface area (Å²) in [4.78, 5) is 2.37. The van der Waals surface area contributed by atoms with Crippen LogP contribution in [0.4, 0.5) is 0 Å². The SMILES string of the molecule is COCCN(CC(C)C)C(CN)c1cccc(Cl)c1. The van der Waals surface area contributed by atoms with Crippen molar-refractivity contribution < 1.29 is 4.74 Å². The third-order valence-electron chi connectivity index (χ3n) is 3.08. The second-order valence-electron chi connectivity index (χ2n) is 5.19. The summed E-state index contributed by atoms with van der Waals surface area (Å²) in [5.74, 6) is 0.588. The second-order valence-corrected chi connectivity index (χ2v) is 5.62. The first-order valence-electron chi connectivity index (χ1n) is 6.77. The van der Waals surface area contributed by atoms with E-state index < -0.39 is 0 Å². The van der Waals surface area contributed by atoms with E-state index >= 15 is 0 Å². The van der Waals surface area contributed by atoms with Crippen molar-refractivity contribution in [2.75, 3.05) is 33.4 Å². The minimum atomic E-state index is 0.191. The molecule has 0 amide bonds. The molecule has 4 heteroatoms. The van der Waals surface area contributed by atoms with Crippen LogP contribution in [0.5, 0.6) is 0 Å². The third kappa shape index (κ3) is 5.49. The predicted molar refractivity (Wildman–Crippen MR) is 81.5 cm³/mol. The molecule has 1 unspecified atom stereocenters. The van der Waals surface area contributed by atoms with Gasteiger partial charge in [0.05, 0.1) is 6.61 Å². The molecule has 0 fully saturated rings. The lowest BCUT2D eigenvalue weighted by Crippen LogP contribution is -2.38. The van der Waals surface area contributed by atoms with Gasteiger partial charge in [0.1, 0.15) is 0 Å². The van der Waals surface area contributed by atoms with E-state index in [1.165, 1.54) is 5.56 Å². The number of rotatable bonds is 8. The molecule has 0 aliphatic heterocycles. The van der Waals surface area contributed by atoms with Gasteiger partial charge in [-0.15, -0.1) is 0 Å². The van der Waals surface area contributed by atoms with E-state index in [-0.39, 0.29) is 6.04 Å². The van der Waals surface area contributed by atoms with Crippen LogP contribution in [-0.2, 0) is 4.74 Å². The van der Waals surface area contributed by atoms with Crippen LogP contribution in [0.1, 0.15) is 25.5 Å². The van der Waals surface area contributed by atoms with Gasteiger partial charge in [-0.25, -0.2) is 0 Å².